The van der Waals surface area contributed by atoms with Gasteiger partial charge in [0.25, 0.3) is 27.5 Å². The SMILES string of the molecule is C[C@]12C=CC(=O)C=C1[C@@H](F)C[C@H]1[C@@H]3C[C@H]4O[C@@H](c5ccc(F)s5)O[C@@]4(C(=O)COP(=O)([O-])OP(=O)([O-])OCCNC(=O)CCCC(=O)ON4C(=O)CCC4=O)[C@@]3(C)C[C@H](O)[C@@]12F. The number of alkyl halides is 2. The van der Waals surface area contributed by atoms with E-state index in [9.17, 15) is 57.2 Å². The van der Waals surface area contributed by atoms with E-state index in [-0.39, 0.29) is 49.0 Å². The number of phosphoric acid groups is 2. The maximum absolute atomic E-state index is 17.8. The number of allylic oxidation sites excluding steroid dienone is 4. The maximum atomic E-state index is 17.8. The summed E-state index contributed by atoms with van der Waals surface area (Å²) in [7, 11) is -11.7. The average Bonchev–Trinajstić information content (AvgIpc) is 3.94. The molecule has 6 aliphatic rings. The van der Waals surface area contributed by atoms with Gasteiger partial charge in [0, 0.05) is 49.0 Å². The van der Waals surface area contributed by atoms with E-state index in [1.807, 2.05) is 0 Å². The summed E-state index contributed by atoms with van der Waals surface area (Å²) < 4.78 is 99.0. The molecule has 3 amide bonds. The van der Waals surface area contributed by atoms with Crippen LogP contribution in [0, 0.1) is 27.8 Å². The molecular formula is C37H41F3N2O17P2S-2. The summed E-state index contributed by atoms with van der Waals surface area (Å²) in [5.41, 5.74) is -8.37. The number of ether oxygens (including phenoxy) is 2. The fraction of sp³-hybridized carbons (Fsp3) is 0.622. The Labute approximate surface area is 355 Å². The molecule has 12 atom stereocenters. The van der Waals surface area contributed by atoms with Gasteiger partial charge in [0.15, 0.2) is 34.3 Å². The van der Waals surface area contributed by atoms with Crippen molar-refractivity contribution in [1.29, 1.82) is 0 Å². The van der Waals surface area contributed by atoms with Gasteiger partial charge in [-0.25, -0.2) is 17.9 Å². The summed E-state index contributed by atoms with van der Waals surface area (Å²) in [5.74, 6) is -6.99. The topological polar surface area (TPSA) is 274 Å². The number of rotatable bonds is 16. The number of nitrogens with one attached hydrogen (secondary N) is 1. The number of imide groups is 1. The van der Waals surface area contributed by atoms with Gasteiger partial charge in [0.1, 0.15) is 12.8 Å². The lowest BCUT2D eigenvalue weighted by Crippen LogP contribution is -2.70. The normalized spacial score (nSPS) is 36.8. The maximum Gasteiger partial charge on any atom is 0.333 e. The number of ketones is 2. The predicted molar refractivity (Wildman–Crippen MR) is 197 cm³/mol. The summed E-state index contributed by atoms with van der Waals surface area (Å²) in [5, 5.41) is 13.7. The van der Waals surface area contributed by atoms with Crippen molar-refractivity contribution in [3.8, 4) is 0 Å². The first-order valence-electron chi connectivity index (χ1n) is 19.5. The van der Waals surface area contributed by atoms with Crippen molar-refractivity contribution in [3.05, 3.63) is 45.9 Å². The molecule has 3 heterocycles. The summed E-state index contributed by atoms with van der Waals surface area (Å²) in [6.45, 7) is 0.0844. The van der Waals surface area contributed by atoms with E-state index in [1.54, 1.807) is 0 Å². The van der Waals surface area contributed by atoms with Crippen molar-refractivity contribution in [1.82, 2.24) is 10.4 Å². The van der Waals surface area contributed by atoms with Crippen LogP contribution in [0.2, 0.25) is 0 Å². The molecule has 4 aliphatic carbocycles. The van der Waals surface area contributed by atoms with Crippen LogP contribution in [0.3, 0.4) is 0 Å². The van der Waals surface area contributed by atoms with Gasteiger partial charge in [-0.15, -0.1) is 16.4 Å². The van der Waals surface area contributed by atoms with E-state index < -0.39 is 147 Å². The molecule has 19 nitrogen and oxygen atoms in total. The second-order valence-corrected chi connectivity index (χ2v) is 20.3. The molecule has 2 aliphatic heterocycles. The van der Waals surface area contributed by atoms with Gasteiger partial charge < -0.3 is 43.6 Å². The number of carbonyl (C=O) groups excluding carboxylic acids is 6. The summed E-state index contributed by atoms with van der Waals surface area (Å²) >= 11 is 0.622. The predicted octanol–water partition coefficient (Wildman–Crippen LogP) is 2.42. The molecule has 1 aromatic heterocycles. The number of Topliss-reactive ketones (excluding diaryl/α,β-unsaturated/α-hetero) is 1. The van der Waals surface area contributed by atoms with E-state index in [4.69, 9.17) is 14.0 Å². The molecule has 7 rings (SSSR count). The van der Waals surface area contributed by atoms with Crippen LogP contribution >= 0.6 is 27.0 Å². The third-order valence-corrected chi connectivity index (χ3v) is 16.3. The largest absolute Gasteiger partial charge is 0.756 e. The molecule has 340 valence electrons. The van der Waals surface area contributed by atoms with Crippen molar-refractivity contribution in [2.45, 2.75) is 101 Å². The average molecular weight is 937 g/mol. The molecule has 0 radical (unpaired) electrons. The Morgan fingerprint density at radius 1 is 1.05 bits per heavy atom. The second-order valence-electron chi connectivity index (χ2n) is 16.3. The van der Waals surface area contributed by atoms with Crippen molar-refractivity contribution in [2.75, 3.05) is 19.8 Å². The molecule has 5 fully saturated rings. The number of hydrogen-bond donors (Lipinski definition) is 2. The van der Waals surface area contributed by atoms with E-state index in [0.29, 0.717) is 16.4 Å². The standard InChI is InChI=1S/C37H43F3N2O17P2S/c1-34-11-10-19(43)14-22(34)23(38)15-21-20-16-27-37(35(20,2)17-25(44)36(21,34)40,57-33(56-27)24-6-7-28(39)62-24)26(45)18-55-61(52,53)59-60(50,51)54-13-12-41-29(46)4-3-5-32(49)58-42-30(47)8-9-31(42)48/h6-7,10-11,14,20-21,23,25,27,33,44H,3-5,8-9,12-13,15-18H2,1-2H3,(H,41,46)(H,50,51)(H,52,53)/p-2/t20-,21-,23-,25-,27+,33+,34-,35-,36-,37+/m0/s1. The fourth-order valence-electron chi connectivity index (χ4n) is 10.1. The Morgan fingerprint density at radius 2 is 1.74 bits per heavy atom. The Bertz CT molecular complexity index is 2210. The summed E-state index contributed by atoms with van der Waals surface area (Å²) in [6.07, 6.45) is -5.24. The first-order chi connectivity index (χ1) is 29.0. The first-order valence-corrected chi connectivity index (χ1v) is 23.2. The zero-order chi connectivity index (χ0) is 45.2. The third-order valence-electron chi connectivity index (χ3n) is 12.8. The number of amides is 3. The number of aliphatic hydroxyl groups is 1. The molecule has 0 spiro atoms. The van der Waals surface area contributed by atoms with E-state index in [1.165, 1.54) is 26.0 Å². The molecule has 0 bridgehead atoms. The highest BCUT2D eigenvalue weighted by Gasteiger charge is 2.80. The Morgan fingerprint density at radius 3 is 2.42 bits per heavy atom. The monoisotopic (exact) mass is 936 g/mol. The molecule has 1 aromatic rings. The number of nitrogens with zero attached hydrogens (tertiary/aromatic N) is 1. The highest BCUT2D eigenvalue weighted by atomic mass is 32.1. The summed E-state index contributed by atoms with van der Waals surface area (Å²) in [4.78, 5) is 104. The lowest BCUT2D eigenvalue weighted by atomic mass is 9.44. The number of hydrogen-bond acceptors (Lipinski definition) is 18. The van der Waals surface area contributed by atoms with Crippen LogP contribution in [-0.2, 0) is 65.6 Å². The molecular weight excluding hydrogens is 895 g/mol. The molecule has 25 heteroatoms. The number of thiophene rings is 1. The van der Waals surface area contributed by atoms with Gasteiger partial charge in [-0.2, -0.15) is 4.39 Å². The molecule has 3 saturated carbocycles. The van der Waals surface area contributed by atoms with Gasteiger partial charge in [-0.1, -0.05) is 13.0 Å². The molecule has 2 unspecified atom stereocenters. The Kier molecular flexibility index (Phi) is 12.6. The Balaban J connectivity index is 0.984. The van der Waals surface area contributed by atoms with Crippen LogP contribution in [-0.4, -0.2) is 94.8 Å². The van der Waals surface area contributed by atoms with Crippen molar-refractivity contribution >= 4 is 62.2 Å². The lowest BCUT2D eigenvalue weighted by Gasteiger charge is -2.63. The number of carbonyl (C=O) groups is 6. The van der Waals surface area contributed by atoms with Gasteiger partial charge >= 0.3 is 5.97 Å². The first kappa shape index (κ1) is 46.5. The van der Waals surface area contributed by atoms with Crippen molar-refractivity contribution in [3.63, 3.8) is 0 Å². The molecule has 2 N–H and O–H groups in total. The number of halogens is 3. The lowest BCUT2D eigenvalue weighted by molar-refractivity contribution is -0.246. The van der Waals surface area contributed by atoms with Crippen molar-refractivity contribution < 1.29 is 93.6 Å². The zero-order valence-corrected chi connectivity index (χ0v) is 35.6. The minimum Gasteiger partial charge on any atom is -0.756 e. The molecule has 0 aromatic carbocycles. The van der Waals surface area contributed by atoms with Gasteiger partial charge in [0.2, 0.25) is 5.91 Å². The minimum absolute atomic E-state index is 0.0822. The van der Waals surface area contributed by atoms with Crippen LogP contribution in [0.5, 0.6) is 0 Å². The van der Waals surface area contributed by atoms with Crippen LogP contribution in [0.4, 0.5) is 13.2 Å². The Hall–Kier alpha value is -3.47. The van der Waals surface area contributed by atoms with Crippen LogP contribution in [0.1, 0.15) is 76.4 Å². The van der Waals surface area contributed by atoms with E-state index in [0.717, 1.165) is 18.2 Å². The number of hydroxylamine groups is 2. The number of phosphoric ester groups is 2. The van der Waals surface area contributed by atoms with Gasteiger partial charge in [-0.05, 0) is 68.4 Å². The summed E-state index contributed by atoms with van der Waals surface area (Å²) in [6, 6.07) is 2.43. The van der Waals surface area contributed by atoms with Gasteiger partial charge in [-0.3, -0.25) is 33.1 Å². The second kappa shape index (κ2) is 16.8. The van der Waals surface area contributed by atoms with E-state index in [2.05, 4.69) is 19.0 Å². The number of fused-ring (bicyclic) bond motifs is 7. The fourth-order valence-corrected chi connectivity index (χ4v) is 12.7. The van der Waals surface area contributed by atoms with Crippen LogP contribution in [0.15, 0.2) is 35.9 Å². The quantitative estimate of drug-likeness (QED) is 0.137. The van der Waals surface area contributed by atoms with Gasteiger partial charge in [0.05, 0.1) is 23.7 Å². The highest BCUT2D eigenvalue weighted by molar-refractivity contribution is 7.59. The van der Waals surface area contributed by atoms with Crippen LogP contribution < -0.4 is 15.1 Å². The van der Waals surface area contributed by atoms with Crippen LogP contribution in [0.25, 0.3) is 0 Å². The minimum atomic E-state index is -5.97. The smallest absolute Gasteiger partial charge is 0.333 e. The van der Waals surface area contributed by atoms with Crippen molar-refractivity contribution in [2.24, 2.45) is 22.7 Å². The third kappa shape index (κ3) is 8.12. The number of aliphatic hydroxyl groups excluding tert-OH is 1. The molecule has 2 saturated heterocycles. The van der Waals surface area contributed by atoms with E-state index >= 15 is 8.78 Å². The molecule has 62 heavy (non-hydrogen) atoms. The highest BCUT2D eigenvalue weighted by Crippen LogP contribution is 2.73. The zero-order valence-electron chi connectivity index (χ0n) is 33.0.